The number of nitrogens with zero attached hydrogens (tertiary/aromatic N) is 5. The second kappa shape index (κ2) is 8.13. The molecule has 10 nitrogen and oxygen atoms in total. The van der Waals surface area contributed by atoms with Gasteiger partial charge in [-0.3, -0.25) is 19.6 Å². The molecule has 0 unspecified atom stereocenters. The van der Waals surface area contributed by atoms with Gasteiger partial charge in [0.15, 0.2) is 6.73 Å². The first-order valence-corrected chi connectivity index (χ1v) is 8.24. The largest absolute Gasteiger partial charge is 0.471 e. The van der Waals surface area contributed by atoms with Gasteiger partial charge in [-0.2, -0.15) is 10.2 Å². The van der Waals surface area contributed by atoms with Crippen LogP contribution in [0.2, 0.25) is 0 Å². The summed E-state index contributed by atoms with van der Waals surface area (Å²) in [5, 5.41) is 21.2. The number of aryl methyl sites for hydroxylation is 1. The Morgan fingerprint density at radius 3 is 2.59 bits per heavy atom. The fraction of sp³-hybridized carbons (Fsp3) is 0.235. The van der Waals surface area contributed by atoms with Crippen LogP contribution in [0.3, 0.4) is 0 Å². The van der Waals surface area contributed by atoms with Crippen molar-refractivity contribution >= 4 is 17.3 Å². The molecule has 0 radical (unpaired) electrons. The van der Waals surface area contributed by atoms with Gasteiger partial charge >= 0.3 is 5.69 Å². The van der Waals surface area contributed by atoms with Crippen LogP contribution in [0.1, 0.15) is 12.5 Å². The predicted octanol–water partition coefficient (Wildman–Crippen LogP) is 2.23. The van der Waals surface area contributed by atoms with Gasteiger partial charge in [0.1, 0.15) is 24.7 Å². The van der Waals surface area contributed by atoms with Crippen molar-refractivity contribution in [2.75, 3.05) is 5.32 Å². The number of hydrogen-bond donors (Lipinski definition) is 1. The van der Waals surface area contributed by atoms with Crippen LogP contribution in [0.5, 0.6) is 5.75 Å². The molecule has 2 heterocycles. The molecule has 140 valence electrons. The van der Waals surface area contributed by atoms with Crippen LogP contribution < -0.4 is 10.1 Å². The quantitative estimate of drug-likeness (QED) is 0.480. The molecule has 1 amide bonds. The summed E-state index contributed by atoms with van der Waals surface area (Å²) in [5.74, 6) is 0.359. The highest BCUT2D eigenvalue weighted by Gasteiger charge is 2.12. The van der Waals surface area contributed by atoms with E-state index < -0.39 is 4.92 Å². The second-order valence-electron chi connectivity index (χ2n) is 5.74. The lowest BCUT2D eigenvalue weighted by Crippen LogP contribution is -2.18. The number of benzene rings is 1. The summed E-state index contributed by atoms with van der Waals surface area (Å²) in [6.07, 6.45) is 6.38. The number of nitro groups is 1. The van der Waals surface area contributed by atoms with Gasteiger partial charge in [-0.1, -0.05) is 19.1 Å². The summed E-state index contributed by atoms with van der Waals surface area (Å²) in [5.41, 5.74) is 1.56. The van der Waals surface area contributed by atoms with Crippen molar-refractivity contribution < 1.29 is 14.5 Å². The Hall–Kier alpha value is -3.69. The molecule has 3 rings (SSSR count). The van der Waals surface area contributed by atoms with E-state index in [1.165, 1.54) is 22.6 Å². The second-order valence-corrected chi connectivity index (χ2v) is 5.74. The average Bonchev–Trinajstić information content (AvgIpc) is 3.30. The van der Waals surface area contributed by atoms with Crippen molar-refractivity contribution in [3.8, 4) is 5.75 Å². The van der Waals surface area contributed by atoms with Crippen molar-refractivity contribution in [1.29, 1.82) is 0 Å². The summed E-state index contributed by atoms with van der Waals surface area (Å²) >= 11 is 0. The van der Waals surface area contributed by atoms with Crippen molar-refractivity contribution in [3.63, 3.8) is 0 Å². The molecule has 0 atom stereocenters. The molecule has 0 aliphatic carbocycles. The third-order valence-corrected chi connectivity index (χ3v) is 3.75. The van der Waals surface area contributed by atoms with Crippen molar-refractivity contribution in [2.45, 2.75) is 26.6 Å². The highest BCUT2D eigenvalue weighted by molar-refractivity contribution is 5.90. The Kier molecular flexibility index (Phi) is 5.45. The maximum atomic E-state index is 12.0. The minimum absolute atomic E-state index is 0.140. The van der Waals surface area contributed by atoms with Gasteiger partial charge in [0.05, 0.1) is 23.0 Å². The molecule has 0 fully saturated rings. The number of aromatic nitrogens is 4. The zero-order valence-corrected chi connectivity index (χ0v) is 14.6. The number of carbonyl (C=O) groups is 1. The van der Waals surface area contributed by atoms with Crippen LogP contribution in [0.15, 0.2) is 49.1 Å². The molecule has 1 N–H and O–H groups in total. The molecule has 0 aliphatic heterocycles. The molecular weight excluding hydrogens is 352 g/mol. The predicted molar refractivity (Wildman–Crippen MR) is 96.2 cm³/mol. The lowest BCUT2D eigenvalue weighted by atomic mass is 10.2. The Morgan fingerprint density at radius 2 is 1.93 bits per heavy atom. The lowest BCUT2D eigenvalue weighted by molar-refractivity contribution is -0.385. The molecule has 10 heteroatoms. The third-order valence-electron chi connectivity index (χ3n) is 3.75. The highest BCUT2D eigenvalue weighted by Crippen LogP contribution is 2.14. The first kappa shape index (κ1) is 18.1. The number of amides is 1. The van der Waals surface area contributed by atoms with Crippen LogP contribution >= 0.6 is 0 Å². The van der Waals surface area contributed by atoms with Gasteiger partial charge < -0.3 is 10.1 Å². The van der Waals surface area contributed by atoms with E-state index in [4.69, 9.17) is 4.74 Å². The van der Waals surface area contributed by atoms with E-state index in [-0.39, 0.29) is 24.9 Å². The zero-order valence-electron chi connectivity index (χ0n) is 14.6. The van der Waals surface area contributed by atoms with Crippen LogP contribution in [-0.4, -0.2) is 30.4 Å². The Bertz CT molecular complexity index is 931. The normalized spacial score (nSPS) is 10.6. The molecule has 0 saturated heterocycles. The van der Waals surface area contributed by atoms with Crippen molar-refractivity contribution in [3.05, 3.63) is 64.7 Å². The van der Waals surface area contributed by atoms with E-state index in [2.05, 4.69) is 22.4 Å². The first-order chi connectivity index (χ1) is 13.0. The van der Waals surface area contributed by atoms with Gasteiger partial charge in [-0.25, -0.2) is 4.68 Å². The van der Waals surface area contributed by atoms with E-state index in [1.807, 2.05) is 24.3 Å². The van der Waals surface area contributed by atoms with Gasteiger partial charge in [0.2, 0.25) is 5.91 Å². The van der Waals surface area contributed by atoms with E-state index in [9.17, 15) is 14.9 Å². The minimum atomic E-state index is -0.568. The molecule has 0 bridgehead atoms. The summed E-state index contributed by atoms with van der Waals surface area (Å²) in [6, 6.07) is 7.80. The third kappa shape index (κ3) is 4.91. The van der Waals surface area contributed by atoms with Crippen LogP contribution in [0, 0.1) is 10.1 Å². The first-order valence-electron chi connectivity index (χ1n) is 8.24. The number of ether oxygens (including phenoxy) is 1. The topological polar surface area (TPSA) is 117 Å². The van der Waals surface area contributed by atoms with Gasteiger partial charge in [-0.05, 0) is 24.1 Å². The summed E-state index contributed by atoms with van der Waals surface area (Å²) in [7, 11) is 0. The minimum Gasteiger partial charge on any atom is -0.471 e. The van der Waals surface area contributed by atoms with Gasteiger partial charge in [-0.15, -0.1) is 0 Å². The maximum Gasteiger partial charge on any atom is 0.307 e. The summed E-state index contributed by atoms with van der Waals surface area (Å²) in [6.45, 7) is 2.15. The number of hydrogen-bond acceptors (Lipinski definition) is 6. The molecule has 0 aliphatic rings. The Morgan fingerprint density at radius 1 is 1.19 bits per heavy atom. The number of anilines is 1. The SMILES string of the molecule is CCc1ccc(OCn2cc(NC(=O)Cn3cc([N+](=O)[O-])cn3)cn2)cc1. The zero-order chi connectivity index (χ0) is 19.2. The van der Waals surface area contributed by atoms with Crippen LogP contribution in [-0.2, 0) is 24.5 Å². The number of rotatable bonds is 8. The molecule has 27 heavy (non-hydrogen) atoms. The van der Waals surface area contributed by atoms with Crippen LogP contribution in [0.25, 0.3) is 0 Å². The molecule has 0 spiro atoms. The van der Waals surface area contributed by atoms with E-state index in [0.717, 1.165) is 18.4 Å². The van der Waals surface area contributed by atoms with Crippen LogP contribution in [0.4, 0.5) is 11.4 Å². The van der Waals surface area contributed by atoms with E-state index in [0.29, 0.717) is 5.69 Å². The van der Waals surface area contributed by atoms with Crippen molar-refractivity contribution in [1.82, 2.24) is 19.6 Å². The average molecular weight is 370 g/mol. The molecular formula is C17H18N6O4. The Balaban J connectivity index is 1.50. The molecule has 3 aromatic rings. The van der Waals surface area contributed by atoms with Gasteiger partial charge in [0.25, 0.3) is 0 Å². The Labute approximate surface area is 154 Å². The molecule has 0 saturated carbocycles. The summed E-state index contributed by atoms with van der Waals surface area (Å²) < 4.78 is 8.38. The van der Waals surface area contributed by atoms with Crippen molar-refractivity contribution in [2.24, 2.45) is 0 Å². The number of carbonyl (C=O) groups excluding carboxylic acids is 1. The number of nitrogens with one attached hydrogen (secondary N) is 1. The van der Waals surface area contributed by atoms with Gasteiger partial charge in [0, 0.05) is 0 Å². The maximum absolute atomic E-state index is 12.0. The molecule has 2 aromatic heterocycles. The summed E-state index contributed by atoms with van der Waals surface area (Å²) in [4.78, 5) is 22.1. The fourth-order valence-corrected chi connectivity index (χ4v) is 2.34. The standard InChI is InChI=1S/C17H18N6O4/c1-2-13-3-5-16(6-4-13)27-12-22-9-14(7-18-22)20-17(24)11-21-10-15(8-19-21)23(25)26/h3-10H,2,11-12H2,1H3,(H,20,24). The van der Waals surface area contributed by atoms with E-state index in [1.54, 1.807) is 10.9 Å². The smallest absolute Gasteiger partial charge is 0.307 e. The molecule has 1 aromatic carbocycles. The van der Waals surface area contributed by atoms with E-state index >= 15 is 0 Å². The lowest BCUT2D eigenvalue weighted by Gasteiger charge is -2.06. The highest BCUT2D eigenvalue weighted by atomic mass is 16.6. The monoisotopic (exact) mass is 370 g/mol. The fourth-order valence-electron chi connectivity index (χ4n) is 2.34.